The van der Waals surface area contributed by atoms with E-state index in [4.69, 9.17) is 0 Å². The Balaban J connectivity index is 0. The number of allylic oxidation sites excluding steroid dienone is 4. The maximum absolute atomic E-state index is 2.30. The fourth-order valence-corrected chi connectivity index (χ4v) is 4.82. The van der Waals surface area contributed by atoms with E-state index in [-0.39, 0.29) is 42.7 Å². The molecular weight excluding hydrogens is 259 g/mol. The standard InChI is InChI=1S/C5H5.C4H10S.2ClH.Ti/c1-2-4-5-3-1;1-2-3-4-5;;;/h1-3H,4H2;5H,2-4H2,1H3;2*1H;/q;;;;+3/p-3. The van der Waals surface area contributed by atoms with Crippen LogP contribution in [0.1, 0.15) is 26.2 Å². The summed E-state index contributed by atoms with van der Waals surface area (Å²) >= 11 is 0.199. The summed E-state index contributed by atoms with van der Waals surface area (Å²) in [7, 11) is 2.19. The summed E-state index contributed by atoms with van der Waals surface area (Å²) in [4.78, 5) is 0. The third-order valence-corrected chi connectivity index (χ3v) is 5.91. The van der Waals surface area contributed by atoms with Gasteiger partial charge >= 0.3 is 81.2 Å². The number of halogens is 2. The minimum atomic E-state index is 0. The zero-order chi connectivity index (χ0) is 7.94. The Morgan fingerprint density at radius 1 is 1.46 bits per heavy atom. The number of hydrogen-bond acceptors (Lipinski definition) is 1. The average molecular weight is 273 g/mol. The third kappa shape index (κ3) is 8.14. The van der Waals surface area contributed by atoms with E-state index in [1.807, 2.05) is 0 Å². The van der Waals surface area contributed by atoms with Crippen molar-refractivity contribution < 1.29 is 42.7 Å². The number of hydrogen-bond donors (Lipinski definition) is 0. The molecule has 1 aliphatic carbocycles. The smallest absolute Gasteiger partial charge is 1.00 e. The topological polar surface area (TPSA) is 0 Å². The molecule has 0 fully saturated rings. The molecule has 74 valence electrons. The van der Waals surface area contributed by atoms with Crippen molar-refractivity contribution in [2.24, 2.45) is 0 Å². The van der Waals surface area contributed by atoms with Crippen molar-refractivity contribution in [3.05, 3.63) is 22.1 Å². The molecule has 0 spiro atoms. The molecule has 1 rings (SSSR count). The van der Waals surface area contributed by atoms with Gasteiger partial charge in [0, 0.05) is 0 Å². The van der Waals surface area contributed by atoms with Crippen LogP contribution in [-0.2, 0) is 17.9 Å². The van der Waals surface area contributed by atoms with Crippen LogP contribution in [0, 0.1) is 0 Å². The van der Waals surface area contributed by atoms with Crippen molar-refractivity contribution in [2.75, 3.05) is 5.75 Å². The first-order valence-electron chi connectivity index (χ1n) is 4.17. The number of unbranched alkanes of at least 4 members (excludes halogenated alkanes) is 1. The van der Waals surface area contributed by atoms with Gasteiger partial charge in [-0.05, 0) is 0 Å². The van der Waals surface area contributed by atoms with Gasteiger partial charge < -0.3 is 24.8 Å². The Bertz CT molecular complexity index is 169. The zero-order valence-electron chi connectivity index (χ0n) is 7.72. The second-order valence-electron chi connectivity index (χ2n) is 2.63. The van der Waals surface area contributed by atoms with E-state index in [1.165, 1.54) is 25.0 Å². The quantitative estimate of drug-likeness (QED) is 0.390. The Hall–Kier alpha value is 1.12. The molecule has 0 amide bonds. The van der Waals surface area contributed by atoms with E-state index in [9.17, 15) is 0 Å². The SMILES string of the molecule is CCCC[S][Ti+2][C]1=CC=CC1.[Cl-].[Cl-]. The van der Waals surface area contributed by atoms with Gasteiger partial charge in [0.25, 0.3) is 0 Å². The van der Waals surface area contributed by atoms with E-state index in [0.29, 0.717) is 0 Å². The molecule has 13 heavy (non-hydrogen) atoms. The van der Waals surface area contributed by atoms with E-state index in [1.54, 1.807) is 3.88 Å². The van der Waals surface area contributed by atoms with Crippen LogP contribution < -0.4 is 24.8 Å². The molecule has 1 aliphatic rings. The summed E-state index contributed by atoms with van der Waals surface area (Å²) in [5, 5.41) is 0. The van der Waals surface area contributed by atoms with Gasteiger partial charge in [-0.15, -0.1) is 0 Å². The van der Waals surface area contributed by atoms with Crippen LogP contribution in [0.4, 0.5) is 0 Å². The van der Waals surface area contributed by atoms with Crippen LogP contribution in [0.2, 0.25) is 0 Å². The van der Waals surface area contributed by atoms with Gasteiger partial charge in [-0.25, -0.2) is 0 Å². The first-order valence-corrected chi connectivity index (χ1v) is 7.85. The first-order chi connectivity index (χ1) is 5.43. The van der Waals surface area contributed by atoms with Crippen LogP contribution in [0.5, 0.6) is 0 Å². The van der Waals surface area contributed by atoms with Crippen LogP contribution in [-0.4, -0.2) is 5.75 Å². The summed E-state index contributed by atoms with van der Waals surface area (Å²) in [5.41, 5.74) is 0. The Morgan fingerprint density at radius 2 is 2.23 bits per heavy atom. The molecule has 0 nitrogen and oxygen atoms in total. The minimum Gasteiger partial charge on any atom is -1.00 e. The van der Waals surface area contributed by atoms with Gasteiger partial charge in [0.1, 0.15) is 0 Å². The van der Waals surface area contributed by atoms with Crippen LogP contribution in [0.25, 0.3) is 0 Å². The van der Waals surface area contributed by atoms with Crippen molar-refractivity contribution in [3.8, 4) is 0 Å². The molecule has 0 aliphatic heterocycles. The van der Waals surface area contributed by atoms with Crippen LogP contribution in [0.15, 0.2) is 22.1 Å². The molecule has 0 aromatic rings. The van der Waals surface area contributed by atoms with Gasteiger partial charge in [-0.2, -0.15) is 0 Å². The van der Waals surface area contributed by atoms with Crippen molar-refractivity contribution in [1.82, 2.24) is 0 Å². The Kier molecular flexibility index (Phi) is 14.3. The van der Waals surface area contributed by atoms with E-state index >= 15 is 0 Å². The van der Waals surface area contributed by atoms with E-state index < -0.39 is 0 Å². The monoisotopic (exact) mass is 272 g/mol. The molecule has 0 heterocycles. The normalized spacial score (nSPS) is 12.5. The van der Waals surface area contributed by atoms with Crippen molar-refractivity contribution in [3.63, 3.8) is 0 Å². The second kappa shape index (κ2) is 11.2. The summed E-state index contributed by atoms with van der Waals surface area (Å²) in [5.74, 6) is 1.38. The molecule has 0 bridgehead atoms. The first kappa shape index (κ1) is 16.6. The van der Waals surface area contributed by atoms with Crippen molar-refractivity contribution in [1.29, 1.82) is 0 Å². The van der Waals surface area contributed by atoms with Gasteiger partial charge in [-0.3, -0.25) is 0 Å². The zero-order valence-corrected chi connectivity index (χ0v) is 11.6. The molecule has 0 atom stereocenters. The van der Waals surface area contributed by atoms with E-state index in [0.717, 1.165) is 0 Å². The molecule has 0 saturated heterocycles. The Labute approximate surface area is 105 Å². The third-order valence-electron chi connectivity index (χ3n) is 1.57. The molecule has 0 unspecified atom stereocenters. The molecule has 0 radical (unpaired) electrons. The van der Waals surface area contributed by atoms with Crippen LogP contribution in [0.3, 0.4) is 0 Å². The van der Waals surface area contributed by atoms with Gasteiger partial charge in [0.05, 0.1) is 0 Å². The van der Waals surface area contributed by atoms with Crippen molar-refractivity contribution in [2.45, 2.75) is 26.2 Å². The fraction of sp³-hybridized carbons (Fsp3) is 0.556. The molecule has 0 N–H and O–H groups in total. The predicted octanol–water partition coefficient (Wildman–Crippen LogP) is -2.63. The molecule has 0 saturated carbocycles. The van der Waals surface area contributed by atoms with Gasteiger partial charge in [0.15, 0.2) is 0 Å². The predicted molar refractivity (Wildman–Crippen MR) is 49.2 cm³/mol. The average Bonchev–Trinajstić information content (AvgIpc) is 2.50. The minimum absolute atomic E-state index is 0. The fourth-order valence-electron chi connectivity index (χ4n) is 0.883. The van der Waals surface area contributed by atoms with E-state index in [2.05, 4.69) is 34.5 Å². The van der Waals surface area contributed by atoms with Gasteiger partial charge in [-0.1, -0.05) is 0 Å². The van der Waals surface area contributed by atoms with Gasteiger partial charge in [0.2, 0.25) is 0 Å². The summed E-state index contributed by atoms with van der Waals surface area (Å²) in [6.45, 7) is 2.26. The van der Waals surface area contributed by atoms with Crippen LogP contribution >= 0.6 is 9.35 Å². The Morgan fingerprint density at radius 3 is 2.77 bits per heavy atom. The summed E-state index contributed by atoms with van der Waals surface area (Å²) < 4.78 is 1.71. The molecule has 0 aromatic heterocycles. The maximum Gasteiger partial charge on any atom is -1.00 e. The molecular formula is C9H14Cl2STi. The largest absolute Gasteiger partial charge is 1.00 e. The molecule has 0 aromatic carbocycles. The maximum atomic E-state index is 2.30. The van der Waals surface area contributed by atoms with Crippen molar-refractivity contribution >= 4 is 9.35 Å². The number of rotatable bonds is 5. The summed E-state index contributed by atoms with van der Waals surface area (Å²) in [6, 6.07) is 0. The second-order valence-corrected chi connectivity index (χ2v) is 6.84. The molecule has 4 heteroatoms. The summed E-state index contributed by atoms with van der Waals surface area (Å²) in [6.07, 6.45) is 10.8.